The smallest absolute Gasteiger partial charge is 0.337 e. The van der Waals surface area contributed by atoms with Crippen molar-refractivity contribution in [2.24, 2.45) is 12.5 Å². The number of benzene rings is 1. The highest BCUT2D eigenvalue weighted by molar-refractivity contribution is 5.89. The summed E-state index contributed by atoms with van der Waals surface area (Å²) in [5.41, 5.74) is -0.679. The molecule has 30 heavy (non-hydrogen) atoms. The molecule has 0 bridgehead atoms. The zero-order chi connectivity index (χ0) is 22.3. The highest BCUT2D eigenvalue weighted by atomic mass is 16.3. The second-order valence-electron chi connectivity index (χ2n) is 9.21. The number of aryl methyl sites for hydroxylation is 2. The van der Waals surface area contributed by atoms with E-state index in [0.717, 1.165) is 4.57 Å². The predicted octanol–water partition coefficient (Wildman–Crippen LogP) is 1.83. The van der Waals surface area contributed by atoms with Crippen LogP contribution in [0, 0.1) is 5.41 Å². The quantitative estimate of drug-likeness (QED) is 0.656. The van der Waals surface area contributed by atoms with Gasteiger partial charge in [-0.3, -0.25) is 4.57 Å². The van der Waals surface area contributed by atoms with E-state index in [9.17, 15) is 14.7 Å². The molecule has 3 rings (SSSR count). The van der Waals surface area contributed by atoms with Gasteiger partial charge < -0.3 is 10.4 Å². The van der Waals surface area contributed by atoms with Crippen LogP contribution >= 0.6 is 0 Å². The van der Waals surface area contributed by atoms with Crippen molar-refractivity contribution in [2.75, 3.05) is 0 Å². The van der Waals surface area contributed by atoms with Gasteiger partial charge in [-0.15, -0.1) is 10.2 Å². The molecule has 0 fully saturated rings. The van der Waals surface area contributed by atoms with Crippen LogP contribution in [0.25, 0.3) is 11.0 Å². The molecule has 0 radical (unpaired) electrons. The summed E-state index contributed by atoms with van der Waals surface area (Å²) in [6.07, 6.45) is 0.372. The number of aliphatic hydroxyl groups is 1. The number of fused-ring (bicyclic) bond motifs is 1. The number of imidazole rings is 1. The number of aromatic nitrogens is 6. The van der Waals surface area contributed by atoms with Gasteiger partial charge in [-0.2, -0.15) is 4.80 Å². The maximum absolute atomic E-state index is 13.2. The summed E-state index contributed by atoms with van der Waals surface area (Å²) in [4.78, 5) is 27.7. The van der Waals surface area contributed by atoms with E-state index in [-0.39, 0.29) is 6.54 Å². The molecule has 2 aromatic heterocycles. The van der Waals surface area contributed by atoms with E-state index >= 15 is 0 Å². The van der Waals surface area contributed by atoms with E-state index in [1.54, 1.807) is 39.1 Å². The third-order valence-corrected chi connectivity index (χ3v) is 4.90. The first kappa shape index (κ1) is 21.7. The van der Waals surface area contributed by atoms with Crippen molar-refractivity contribution in [3.8, 4) is 0 Å². The molecule has 0 aliphatic carbocycles. The summed E-state index contributed by atoms with van der Waals surface area (Å²) in [7, 11) is 1.65. The van der Waals surface area contributed by atoms with E-state index in [2.05, 4.69) is 20.7 Å². The summed E-state index contributed by atoms with van der Waals surface area (Å²) in [5.74, 6) is 0.372. The largest absolute Gasteiger partial charge is 0.390 e. The zero-order valence-electron chi connectivity index (χ0n) is 18.2. The highest BCUT2D eigenvalue weighted by Crippen LogP contribution is 2.30. The van der Waals surface area contributed by atoms with Gasteiger partial charge in [0.05, 0.1) is 29.7 Å². The lowest BCUT2D eigenvalue weighted by Crippen LogP contribution is -2.43. The maximum atomic E-state index is 13.2. The number of carbonyl (C=O) groups is 1. The van der Waals surface area contributed by atoms with Crippen molar-refractivity contribution in [1.29, 1.82) is 0 Å². The zero-order valence-corrected chi connectivity index (χ0v) is 18.2. The standard InChI is InChI=1S/C20H29N7O3/c1-19(2,3)15(16-22-24-25(6)23-16)21-17(28)27-14-10-8-7-9-13(14)26(18(27)29)12-11-20(4,5)30/h7-10,15,30H,11-12H2,1-6H3,(H,21,28)/t15-/m1/s1. The summed E-state index contributed by atoms with van der Waals surface area (Å²) in [6, 6.07) is 5.98. The molecule has 10 heteroatoms. The molecule has 10 nitrogen and oxygen atoms in total. The molecule has 0 saturated carbocycles. The Kier molecular flexibility index (Phi) is 5.55. The van der Waals surface area contributed by atoms with Crippen LogP contribution in [0.2, 0.25) is 0 Å². The fourth-order valence-corrected chi connectivity index (χ4v) is 3.28. The van der Waals surface area contributed by atoms with Crippen molar-refractivity contribution in [1.82, 2.24) is 34.7 Å². The average molecular weight is 415 g/mol. The molecule has 1 atom stereocenters. The third-order valence-electron chi connectivity index (χ3n) is 4.90. The topological polar surface area (TPSA) is 120 Å². The summed E-state index contributed by atoms with van der Waals surface area (Å²) >= 11 is 0. The van der Waals surface area contributed by atoms with Crippen molar-refractivity contribution < 1.29 is 9.90 Å². The average Bonchev–Trinajstić information content (AvgIpc) is 3.16. The Morgan fingerprint density at radius 1 is 1.17 bits per heavy atom. The number of hydrogen-bond donors (Lipinski definition) is 2. The van der Waals surface area contributed by atoms with Crippen LogP contribution in [-0.4, -0.2) is 46.1 Å². The number of carbonyl (C=O) groups excluding carboxylic acids is 1. The van der Waals surface area contributed by atoms with Gasteiger partial charge in [-0.25, -0.2) is 14.2 Å². The van der Waals surface area contributed by atoms with Crippen molar-refractivity contribution >= 4 is 17.1 Å². The van der Waals surface area contributed by atoms with Gasteiger partial charge in [0.25, 0.3) is 0 Å². The number of hydrogen-bond acceptors (Lipinski definition) is 6. The van der Waals surface area contributed by atoms with Gasteiger partial charge in [0.15, 0.2) is 5.82 Å². The second-order valence-corrected chi connectivity index (χ2v) is 9.21. The van der Waals surface area contributed by atoms with Crippen LogP contribution in [0.5, 0.6) is 0 Å². The van der Waals surface area contributed by atoms with Crippen LogP contribution < -0.4 is 11.0 Å². The van der Waals surface area contributed by atoms with Crippen LogP contribution in [0.4, 0.5) is 4.79 Å². The molecule has 1 amide bonds. The Labute approximate surface area is 174 Å². The lowest BCUT2D eigenvalue weighted by molar-refractivity contribution is 0.0662. The minimum Gasteiger partial charge on any atom is -0.390 e. The minimum absolute atomic E-state index is 0.289. The highest BCUT2D eigenvalue weighted by Gasteiger charge is 2.33. The molecule has 0 aliphatic rings. The van der Waals surface area contributed by atoms with Crippen LogP contribution in [-0.2, 0) is 13.6 Å². The molecule has 1 aromatic carbocycles. The van der Waals surface area contributed by atoms with E-state index in [0.29, 0.717) is 23.3 Å². The Bertz CT molecular complexity index is 1110. The number of nitrogens with zero attached hydrogens (tertiary/aromatic N) is 6. The number of rotatable bonds is 5. The molecule has 2 N–H and O–H groups in total. The first-order chi connectivity index (χ1) is 13.9. The second kappa shape index (κ2) is 7.67. The summed E-state index contributed by atoms with van der Waals surface area (Å²) < 4.78 is 2.63. The fourth-order valence-electron chi connectivity index (χ4n) is 3.28. The molecule has 0 aliphatic heterocycles. The Morgan fingerprint density at radius 2 is 1.80 bits per heavy atom. The number of nitrogens with one attached hydrogen (secondary N) is 1. The lowest BCUT2D eigenvalue weighted by Gasteiger charge is -2.28. The number of tetrazole rings is 1. The minimum atomic E-state index is -0.931. The SMILES string of the molecule is Cn1nnc([C@@H](NC(=O)n2c(=O)n(CCC(C)(C)O)c3ccccc32)C(C)(C)C)n1. The third kappa shape index (κ3) is 4.43. The first-order valence-electron chi connectivity index (χ1n) is 9.86. The van der Waals surface area contributed by atoms with Crippen LogP contribution in [0.15, 0.2) is 29.1 Å². The summed E-state index contributed by atoms with van der Waals surface area (Å²) in [6.45, 7) is 9.51. The lowest BCUT2D eigenvalue weighted by atomic mass is 9.86. The maximum Gasteiger partial charge on any atom is 0.337 e. The molecule has 0 unspecified atom stereocenters. The predicted molar refractivity (Wildman–Crippen MR) is 112 cm³/mol. The van der Waals surface area contributed by atoms with Crippen LogP contribution in [0.3, 0.4) is 0 Å². The molecule has 3 aromatic rings. The van der Waals surface area contributed by atoms with E-state index in [1.807, 2.05) is 26.8 Å². The van der Waals surface area contributed by atoms with Crippen molar-refractivity contribution in [3.63, 3.8) is 0 Å². The molecule has 0 saturated heterocycles. The van der Waals surface area contributed by atoms with Gasteiger partial charge in [0.1, 0.15) is 0 Å². The van der Waals surface area contributed by atoms with E-state index < -0.39 is 28.8 Å². The Hall–Kier alpha value is -3.01. The normalized spacial score (nSPS) is 13.6. The monoisotopic (exact) mass is 415 g/mol. The number of para-hydroxylation sites is 2. The van der Waals surface area contributed by atoms with Crippen molar-refractivity contribution in [2.45, 2.75) is 59.2 Å². The molecule has 0 spiro atoms. The van der Waals surface area contributed by atoms with Gasteiger partial charge in [-0.1, -0.05) is 32.9 Å². The fraction of sp³-hybridized carbons (Fsp3) is 0.550. The molecule has 2 heterocycles. The van der Waals surface area contributed by atoms with Crippen molar-refractivity contribution in [3.05, 3.63) is 40.6 Å². The van der Waals surface area contributed by atoms with Gasteiger partial charge in [-0.05, 0) is 43.0 Å². The summed E-state index contributed by atoms with van der Waals surface area (Å²) in [5, 5.41) is 25.1. The Morgan fingerprint density at radius 3 is 2.33 bits per heavy atom. The van der Waals surface area contributed by atoms with E-state index in [1.165, 1.54) is 9.36 Å². The Balaban J connectivity index is 2.02. The van der Waals surface area contributed by atoms with Gasteiger partial charge in [0.2, 0.25) is 0 Å². The van der Waals surface area contributed by atoms with Crippen LogP contribution in [0.1, 0.15) is 52.9 Å². The molecular formula is C20H29N7O3. The van der Waals surface area contributed by atoms with Gasteiger partial charge >= 0.3 is 11.7 Å². The first-order valence-corrected chi connectivity index (χ1v) is 9.86. The van der Waals surface area contributed by atoms with E-state index in [4.69, 9.17) is 0 Å². The van der Waals surface area contributed by atoms with Gasteiger partial charge in [0, 0.05) is 6.54 Å². The number of amides is 1. The molecular weight excluding hydrogens is 386 g/mol. The molecule has 162 valence electrons.